The Bertz CT molecular complexity index is 506. The third kappa shape index (κ3) is 5.10. The lowest BCUT2D eigenvalue weighted by molar-refractivity contribution is -0.131. The molecule has 2 saturated heterocycles. The summed E-state index contributed by atoms with van der Waals surface area (Å²) in [4.78, 5) is 13.2. The van der Waals surface area contributed by atoms with Gasteiger partial charge in [0.15, 0.2) is 0 Å². The topological polar surface area (TPSA) is 51.4 Å². The number of hydrogen-bond acceptors (Lipinski definition) is 4. The summed E-state index contributed by atoms with van der Waals surface area (Å²) in [5.74, 6) is 3.35. The van der Waals surface area contributed by atoms with E-state index in [-0.39, 0.29) is 17.9 Å². The van der Waals surface area contributed by atoms with Crippen LogP contribution in [0.5, 0.6) is 0 Å². The van der Waals surface area contributed by atoms with Crippen LogP contribution in [0.15, 0.2) is 12.3 Å². The Morgan fingerprint density at radius 1 is 1.15 bits per heavy atom. The summed E-state index contributed by atoms with van der Waals surface area (Å²) < 4.78 is 16.6. The van der Waals surface area contributed by atoms with Crippen molar-refractivity contribution in [1.82, 2.24) is 0 Å². The van der Waals surface area contributed by atoms with Crippen LogP contribution in [-0.2, 0) is 19.0 Å². The third-order valence-electron chi connectivity index (χ3n) is 6.52. The van der Waals surface area contributed by atoms with Gasteiger partial charge in [-0.25, -0.2) is 0 Å². The highest BCUT2D eigenvalue weighted by Gasteiger charge is 2.46. The first-order chi connectivity index (χ1) is 12.4. The van der Waals surface area contributed by atoms with Gasteiger partial charge < -0.3 is 14.2 Å². The van der Waals surface area contributed by atoms with Gasteiger partial charge in [0.25, 0.3) is 0 Å². The van der Waals surface area contributed by atoms with Gasteiger partial charge >= 0.3 is 0 Å². The molecule has 0 spiro atoms. The SMILES string of the molecule is C=C(OCC1CO1)C1C(CC(C)C)CC(C)C(C)C1C(=O)CCC1CO1. The second-order valence-electron chi connectivity index (χ2n) is 9.21. The quantitative estimate of drug-likeness (QED) is 0.430. The molecule has 7 unspecified atom stereocenters. The molecular weight excluding hydrogens is 328 g/mol. The van der Waals surface area contributed by atoms with Crippen LogP contribution >= 0.6 is 0 Å². The van der Waals surface area contributed by atoms with Crippen LogP contribution in [0.25, 0.3) is 0 Å². The molecule has 26 heavy (non-hydrogen) atoms. The number of ketones is 1. The summed E-state index contributed by atoms with van der Waals surface area (Å²) in [5.41, 5.74) is 0. The maximum Gasteiger partial charge on any atom is 0.137 e. The van der Waals surface area contributed by atoms with E-state index in [0.717, 1.165) is 38.2 Å². The normalized spacial score (nSPS) is 38.9. The van der Waals surface area contributed by atoms with E-state index in [4.69, 9.17) is 14.2 Å². The predicted molar refractivity (Wildman–Crippen MR) is 102 cm³/mol. The summed E-state index contributed by atoms with van der Waals surface area (Å²) in [7, 11) is 0. The fraction of sp³-hybridized carbons (Fsp3) is 0.864. The highest BCUT2D eigenvalue weighted by molar-refractivity contribution is 5.82. The van der Waals surface area contributed by atoms with Crippen molar-refractivity contribution in [2.24, 2.45) is 35.5 Å². The van der Waals surface area contributed by atoms with E-state index in [1.54, 1.807) is 0 Å². The van der Waals surface area contributed by atoms with Crippen molar-refractivity contribution in [3.8, 4) is 0 Å². The molecule has 148 valence electrons. The van der Waals surface area contributed by atoms with Crippen molar-refractivity contribution in [2.75, 3.05) is 19.8 Å². The number of ether oxygens (including phenoxy) is 3. The maximum atomic E-state index is 13.2. The molecule has 3 fully saturated rings. The van der Waals surface area contributed by atoms with Gasteiger partial charge in [0.2, 0.25) is 0 Å². The van der Waals surface area contributed by atoms with E-state index in [9.17, 15) is 4.79 Å². The van der Waals surface area contributed by atoms with Crippen molar-refractivity contribution in [1.29, 1.82) is 0 Å². The number of hydrogen-bond donors (Lipinski definition) is 0. The van der Waals surface area contributed by atoms with E-state index in [1.807, 2.05) is 0 Å². The first-order valence-corrected chi connectivity index (χ1v) is 10.4. The monoisotopic (exact) mass is 364 g/mol. The summed E-state index contributed by atoms with van der Waals surface area (Å²) >= 11 is 0. The molecule has 3 aliphatic rings. The smallest absolute Gasteiger partial charge is 0.137 e. The van der Waals surface area contributed by atoms with Crippen molar-refractivity contribution in [2.45, 2.75) is 65.6 Å². The molecule has 4 nitrogen and oxygen atoms in total. The van der Waals surface area contributed by atoms with Crippen LogP contribution in [0.4, 0.5) is 0 Å². The molecule has 4 heteroatoms. The lowest BCUT2D eigenvalue weighted by Gasteiger charge is -2.45. The largest absolute Gasteiger partial charge is 0.495 e. The lowest BCUT2D eigenvalue weighted by Crippen LogP contribution is -2.44. The highest BCUT2D eigenvalue weighted by atomic mass is 16.6. The minimum Gasteiger partial charge on any atom is -0.495 e. The molecule has 1 saturated carbocycles. The van der Waals surface area contributed by atoms with Crippen LogP contribution < -0.4 is 0 Å². The second kappa shape index (κ2) is 8.43. The molecule has 7 atom stereocenters. The fourth-order valence-corrected chi connectivity index (χ4v) is 4.78. The second-order valence-corrected chi connectivity index (χ2v) is 9.21. The van der Waals surface area contributed by atoms with Crippen molar-refractivity contribution in [3.63, 3.8) is 0 Å². The Hall–Kier alpha value is -0.870. The summed E-state index contributed by atoms with van der Waals surface area (Å²) in [6, 6.07) is 0. The van der Waals surface area contributed by atoms with Gasteiger partial charge in [0.05, 0.1) is 25.1 Å². The van der Waals surface area contributed by atoms with Crippen LogP contribution in [0.2, 0.25) is 0 Å². The molecule has 2 heterocycles. The minimum atomic E-state index is 0.0221. The molecule has 0 bridgehead atoms. The number of rotatable bonds is 10. The zero-order valence-corrected chi connectivity index (χ0v) is 16.9. The average Bonchev–Trinajstić information content (AvgIpc) is 3.46. The number of carbonyl (C=O) groups excluding carboxylic acids is 1. The van der Waals surface area contributed by atoms with Gasteiger partial charge in [0.1, 0.15) is 18.5 Å². The highest BCUT2D eigenvalue weighted by Crippen LogP contribution is 2.48. The number of carbonyl (C=O) groups is 1. The van der Waals surface area contributed by atoms with Gasteiger partial charge in [0, 0.05) is 18.3 Å². The van der Waals surface area contributed by atoms with E-state index < -0.39 is 0 Å². The molecular formula is C22H36O4. The lowest BCUT2D eigenvalue weighted by atomic mass is 9.59. The first kappa shape index (κ1) is 19.9. The number of allylic oxidation sites excluding steroid dienone is 1. The van der Waals surface area contributed by atoms with Crippen molar-refractivity contribution >= 4 is 5.78 Å². The predicted octanol–water partition coefficient (Wildman–Crippen LogP) is 4.23. The molecule has 0 N–H and O–H groups in total. The fourth-order valence-electron chi connectivity index (χ4n) is 4.78. The molecule has 0 aromatic heterocycles. The van der Waals surface area contributed by atoms with Gasteiger partial charge in [-0.15, -0.1) is 0 Å². The van der Waals surface area contributed by atoms with Gasteiger partial charge in [-0.1, -0.05) is 34.3 Å². The Morgan fingerprint density at radius 2 is 1.81 bits per heavy atom. The third-order valence-corrected chi connectivity index (χ3v) is 6.52. The standard InChI is InChI=1S/C22H36O4/c1-13(2)8-17-9-14(3)15(4)21(20(23)7-6-18-10-25-18)22(17)16(5)24-11-19-12-26-19/h13-15,17-19,21-22H,5-12H2,1-4H3. The Balaban J connectivity index is 1.74. The van der Waals surface area contributed by atoms with Crippen LogP contribution in [-0.4, -0.2) is 37.8 Å². The minimum absolute atomic E-state index is 0.0221. The molecule has 0 aromatic rings. The Kier molecular flexibility index (Phi) is 6.45. The zero-order chi connectivity index (χ0) is 18.8. The van der Waals surface area contributed by atoms with Gasteiger partial charge in [-0.3, -0.25) is 4.79 Å². The molecule has 2 aliphatic heterocycles. The molecule has 0 aromatic carbocycles. The number of Topliss-reactive ketones (excluding diaryl/α,β-unsaturated/α-hetero) is 1. The Morgan fingerprint density at radius 3 is 2.38 bits per heavy atom. The van der Waals surface area contributed by atoms with E-state index >= 15 is 0 Å². The van der Waals surface area contributed by atoms with Gasteiger partial charge in [-0.05, 0) is 42.9 Å². The van der Waals surface area contributed by atoms with E-state index in [2.05, 4.69) is 34.3 Å². The van der Waals surface area contributed by atoms with E-state index in [0.29, 0.717) is 48.6 Å². The molecule has 3 rings (SSSR count). The zero-order valence-electron chi connectivity index (χ0n) is 16.9. The van der Waals surface area contributed by atoms with Crippen LogP contribution in [0.3, 0.4) is 0 Å². The van der Waals surface area contributed by atoms with E-state index in [1.165, 1.54) is 0 Å². The van der Waals surface area contributed by atoms with Crippen molar-refractivity contribution < 1.29 is 19.0 Å². The summed E-state index contributed by atoms with van der Waals surface area (Å²) in [6.45, 7) is 15.5. The van der Waals surface area contributed by atoms with Gasteiger partial charge in [-0.2, -0.15) is 0 Å². The molecule has 1 aliphatic carbocycles. The summed E-state index contributed by atoms with van der Waals surface area (Å²) in [6.07, 6.45) is 4.29. The first-order valence-electron chi connectivity index (χ1n) is 10.4. The van der Waals surface area contributed by atoms with Crippen molar-refractivity contribution in [3.05, 3.63) is 12.3 Å². The van der Waals surface area contributed by atoms with Crippen LogP contribution in [0.1, 0.15) is 53.4 Å². The van der Waals surface area contributed by atoms with Crippen LogP contribution in [0, 0.1) is 35.5 Å². The Labute approximate surface area is 158 Å². The average molecular weight is 365 g/mol. The molecule has 0 radical (unpaired) electrons. The summed E-state index contributed by atoms with van der Waals surface area (Å²) in [5, 5.41) is 0. The maximum absolute atomic E-state index is 13.2. The number of epoxide rings is 2. The molecule has 0 amide bonds.